The standard InChI is InChI=1S/C24H29ClN6O/c1-15-6-5-11-31(14-15)24-27-13-19(25)22(29-24)28-16-8-9-20-18(12-16)21-17(23(32)30(20)2)7-3-4-10-26-21/h8-9,12-13,15,26H,3-7,10-11,14H2,1-2H3,(H,27,28,29). The van der Waals surface area contributed by atoms with Crippen LogP contribution >= 0.6 is 11.6 Å². The van der Waals surface area contributed by atoms with Gasteiger partial charge in [-0.15, -0.1) is 0 Å². The number of halogens is 1. The van der Waals surface area contributed by atoms with Crippen molar-refractivity contribution in [1.82, 2.24) is 14.5 Å². The first-order chi connectivity index (χ1) is 15.5. The molecule has 0 spiro atoms. The zero-order valence-electron chi connectivity index (χ0n) is 18.6. The van der Waals surface area contributed by atoms with Crippen molar-refractivity contribution in [2.75, 3.05) is 35.2 Å². The Morgan fingerprint density at radius 3 is 2.97 bits per heavy atom. The molecule has 1 unspecified atom stereocenters. The van der Waals surface area contributed by atoms with Gasteiger partial charge < -0.3 is 20.1 Å². The van der Waals surface area contributed by atoms with E-state index < -0.39 is 0 Å². The van der Waals surface area contributed by atoms with E-state index in [0.29, 0.717) is 22.7 Å². The lowest BCUT2D eigenvalue weighted by molar-refractivity contribution is 0.442. The predicted molar refractivity (Wildman–Crippen MR) is 132 cm³/mol. The molecule has 2 aliphatic rings. The molecule has 0 radical (unpaired) electrons. The second kappa shape index (κ2) is 8.62. The highest BCUT2D eigenvalue weighted by Gasteiger charge is 2.20. The molecule has 0 amide bonds. The van der Waals surface area contributed by atoms with Crippen molar-refractivity contribution < 1.29 is 0 Å². The van der Waals surface area contributed by atoms with E-state index in [4.69, 9.17) is 16.6 Å². The number of piperidine rings is 1. The number of hydrogen-bond acceptors (Lipinski definition) is 6. The van der Waals surface area contributed by atoms with Gasteiger partial charge in [0.25, 0.3) is 5.56 Å². The normalized spacial score (nSPS) is 18.7. The Kier molecular flexibility index (Phi) is 5.67. The minimum absolute atomic E-state index is 0.0851. The van der Waals surface area contributed by atoms with E-state index in [1.165, 1.54) is 6.42 Å². The first kappa shape index (κ1) is 21.1. The van der Waals surface area contributed by atoms with Crippen LogP contribution in [0.5, 0.6) is 0 Å². The van der Waals surface area contributed by atoms with Crippen molar-refractivity contribution in [2.45, 2.75) is 39.0 Å². The van der Waals surface area contributed by atoms with E-state index in [1.54, 1.807) is 10.8 Å². The van der Waals surface area contributed by atoms with Crippen molar-refractivity contribution in [3.8, 4) is 0 Å². The van der Waals surface area contributed by atoms with Gasteiger partial charge in [0.05, 0.1) is 17.4 Å². The number of nitrogens with zero attached hydrogens (tertiary/aromatic N) is 4. The summed E-state index contributed by atoms with van der Waals surface area (Å²) in [5, 5.41) is 8.40. The summed E-state index contributed by atoms with van der Waals surface area (Å²) in [7, 11) is 1.84. The van der Waals surface area contributed by atoms with Crippen LogP contribution in [0.3, 0.4) is 0 Å². The van der Waals surface area contributed by atoms with Gasteiger partial charge >= 0.3 is 0 Å². The quantitative estimate of drug-likeness (QED) is 0.599. The summed E-state index contributed by atoms with van der Waals surface area (Å²) in [5.74, 6) is 1.94. The first-order valence-corrected chi connectivity index (χ1v) is 11.8. The molecular weight excluding hydrogens is 424 g/mol. The summed E-state index contributed by atoms with van der Waals surface area (Å²) >= 11 is 6.45. The van der Waals surface area contributed by atoms with Crippen LogP contribution in [0.15, 0.2) is 29.2 Å². The summed E-state index contributed by atoms with van der Waals surface area (Å²) < 4.78 is 1.75. The van der Waals surface area contributed by atoms with Gasteiger partial charge in [-0.2, -0.15) is 4.98 Å². The minimum atomic E-state index is 0.0851. The molecule has 1 fully saturated rings. The molecule has 3 aromatic rings. The maximum absolute atomic E-state index is 12.9. The fourth-order valence-corrected chi connectivity index (χ4v) is 5.01. The summed E-state index contributed by atoms with van der Waals surface area (Å²) in [6, 6.07) is 6.02. The third-order valence-corrected chi connectivity index (χ3v) is 6.86. The van der Waals surface area contributed by atoms with Crippen LogP contribution in [0.25, 0.3) is 10.9 Å². The number of benzene rings is 1. The third kappa shape index (κ3) is 3.90. The summed E-state index contributed by atoms with van der Waals surface area (Å²) in [6.07, 6.45) is 6.95. The monoisotopic (exact) mass is 452 g/mol. The molecule has 1 aromatic carbocycles. The topological polar surface area (TPSA) is 75.1 Å². The average Bonchev–Trinajstić information content (AvgIpc) is 3.05. The van der Waals surface area contributed by atoms with Crippen LogP contribution in [0.1, 0.15) is 38.2 Å². The number of aromatic nitrogens is 3. The van der Waals surface area contributed by atoms with Gasteiger partial charge in [0.1, 0.15) is 5.02 Å². The van der Waals surface area contributed by atoms with Gasteiger partial charge in [-0.05, 0) is 56.2 Å². The number of fused-ring (bicyclic) bond motifs is 3. The van der Waals surface area contributed by atoms with Crippen LogP contribution in [0.2, 0.25) is 5.02 Å². The molecule has 1 saturated heterocycles. The maximum Gasteiger partial charge on any atom is 0.256 e. The van der Waals surface area contributed by atoms with Crippen molar-refractivity contribution in [3.05, 3.63) is 45.3 Å². The Balaban J connectivity index is 1.52. The smallest absolute Gasteiger partial charge is 0.256 e. The fourth-order valence-electron chi connectivity index (χ4n) is 4.87. The molecule has 2 aromatic heterocycles. The molecule has 0 saturated carbocycles. The Hall–Kier alpha value is -2.80. The molecule has 1 atom stereocenters. The van der Waals surface area contributed by atoms with E-state index in [-0.39, 0.29) is 5.56 Å². The van der Waals surface area contributed by atoms with Crippen molar-refractivity contribution >= 4 is 45.6 Å². The molecule has 0 bridgehead atoms. The van der Waals surface area contributed by atoms with Crippen LogP contribution in [-0.4, -0.2) is 34.2 Å². The van der Waals surface area contributed by atoms with Crippen LogP contribution in [0.4, 0.5) is 23.1 Å². The Labute approximate surface area is 192 Å². The molecule has 2 aliphatic heterocycles. The average molecular weight is 453 g/mol. The summed E-state index contributed by atoms with van der Waals surface area (Å²) in [5.41, 5.74) is 3.70. The Bertz CT molecular complexity index is 1220. The number of anilines is 4. The van der Waals surface area contributed by atoms with Gasteiger partial charge in [-0.3, -0.25) is 4.79 Å². The second-order valence-corrected chi connectivity index (χ2v) is 9.43. The lowest BCUT2D eigenvalue weighted by Crippen LogP contribution is -2.35. The molecule has 8 heteroatoms. The number of nitrogens with one attached hydrogen (secondary N) is 2. The van der Waals surface area contributed by atoms with Crippen LogP contribution < -0.4 is 21.1 Å². The summed E-state index contributed by atoms with van der Waals surface area (Å²) in [6.45, 7) is 5.07. The van der Waals surface area contributed by atoms with Crippen LogP contribution in [-0.2, 0) is 13.5 Å². The minimum Gasteiger partial charge on any atom is -0.384 e. The Morgan fingerprint density at radius 1 is 1.25 bits per heavy atom. The van der Waals surface area contributed by atoms with E-state index in [0.717, 1.165) is 73.2 Å². The van der Waals surface area contributed by atoms with Gasteiger partial charge in [-0.25, -0.2) is 4.98 Å². The van der Waals surface area contributed by atoms with E-state index in [1.807, 2.05) is 19.2 Å². The van der Waals surface area contributed by atoms with Crippen molar-refractivity contribution in [3.63, 3.8) is 0 Å². The highest BCUT2D eigenvalue weighted by atomic mass is 35.5. The number of hydrogen-bond donors (Lipinski definition) is 2. The van der Waals surface area contributed by atoms with Crippen molar-refractivity contribution in [2.24, 2.45) is 13.0 Å². The molecule has 5 rings (SSSR count). The van der Waals surface area contributed by atoms with Gasteiger partial charge in [0.15, 0.2) is 5.82 Å². The molecule has 0 aliphatic carbocycles. The molecule has 168 valence electrons. The van der Waals surface area contributed by atoms with Crippen LogP contribution in [0, 0.1) is 5.92 Å². The zero-order valence-corrected chi connectivity index (χ0v) is 19.4. The van der Waals surface area contributed by atoms with E-state index in [9.17, 15) is 4.79 Å². The first-order valence-electron chi connectivity index (χ1n) is 11.5. The van der Waals surface area contributed by atoms with E-state index in [2.05, 4.69) is 33.5 Å². The molecule has 2 N–H and O–H groups in total. The van der Waals surface area contributed by atoms with E-state index >= 15 is 0 Å². The second-order valence-electron chi connectivity index (χ2n) is 9.02. The van der Waals surface area contributed by atoms with Gasteiger partial charge in [-0.1, -0.05) is 18.5 Å². The molecular formula is C24H29ClN6O. The summed E-state index contributed by atoms with van der Waals surface area (Å²) in [4.78, 5) is 24.3. The van der Waals surface area contributed by atoms with Gasteiger partial charge in [0, 0.05) is 43.3 Å². The molecule has 32 heavy (non-hydrogen) atoms. The highest BCUT2D eigenvalue weighted by Crippen LogP contribution is 2.32. The lowest BCUT2D eigenvalue weighted by atomic mass is 10.0. The lowest BCUT2D eigenvalue weighted by Gasteiger charge is -2.31. The fraction of sp³-hybridized carbons (Fsp3) is 0.458. The Morgan fingerprint density at radius 2 is 2.12 bits per heavy atom. The SMILES string of the molecule is CC1CCCN(c2ncc(Cl)c(Nc3ccc4c(c3)c3c(c(=O)n4C)CCCCN3)n2)C1. The predicted octanol–water partition coefficient (Wildman–Crippen LogP) is 4.71. The number of aryl methyl sites for hydroxylation is 1. The third-order valence-electron chi connectivity index (χ3n) is 6.58. The zero-order chi connectivity index (χ0) is 22.2. The number of rotatable bonds is 3. The molecule has 7 nitrogen and oxygen atoms in total. The number of pyridine rings is 1. The van der Waals surface area contributed by atoms with Gasteiger partial charge in [0.2, 0.25) is 5.95 Å². The highest BCUT2D eigenvalue weighted by molar-refractivity contribution is 6.32. The molecule has 4 heterocycles. The largest absolute Gasteiger partial charge is 0.384 e. The maximum atomic E-state index is 12.9. The van der Waals surface area contributed by atoms with Crippen molar-refractivity contribution in [1.29, 1.82) is 0 Å².